The Morgan fingerprint density at radius 1 is 1.41 bits per heavy atom. The molecule has 1 aromatic carbocycles. The zero-order chi connectivity index (χ0) is 13.1. The summed E-state index contributed by atoms with van der Waals surface area (Å²) in [5.41, 5.74) is -4.22. The molecule has 7 heteroatoms. The molecule has 0 spiro atoms. The molecule has 1 aromatic rings. The van der Waals surface area contributed by atoms with E-state index >= 15 is 0 Å². The molecule has 0 atom stereocenters. The molecule has 0 saturated heterocycles. The maximum Gasteiger partial charge on any atom is 0.446 e. The first kappa shape index (κ1) is 15.3. The lowest BCUT2D eigenvalue weighted by molar-refractivity contribution is -0.0328. The van der Waals surface area contributed by atoms with E-state index in [1.165, 1.54) is 12.1 Å². The Bertz CT molecular complexity index is 423. The summed E-state index contributed by atoms with van der Waals surface area (Å²) < 4.78 is 37.6. The van der Waals surface area contributed by atoms with Crippen molar-refractivity contribution in [1.82, 2.24) is 0 Å². The summed E-state index contributed by atoms with van der Waals surface area (Å²) in [6.45, 7) is 0. The second-order valence-electron chi connectivity index (χ2n) is 3.02. The molecule has 0 bridgehead atoms. The number of carbonyl (C=O) groups is 1. The van der Waals surface area contributed by atoms with Crippen LogP contribution in [0.1, 0.15) is 16.8 Å². The Labute approximate surface area is 123 Å². The van der Waals surface area contributed by atoms with E-state index in [-0.39, 0.29) is 34.4 Å². The van der Waals surface area contributed by atoms with Crippen molar-refractivity contribution in [1.29, 1.82) is 0 Å². The quantitative estimate of drug-likeness (QED) is 0.288. The molecule has 0 fully saturated rings. The van der Waals surface area contributed by atoms with E-state index in [4.69, 9.17) is 0 Å². The average molecular weight is 439 g/mol. The van der Waals surface area contributed by atoms with Crippen LogP contribution in [0.15, 0.2) is 23.1 Å². The summed E-state index contributed by atoms with van der Waals surface area (Å²) in [5.74, 6) is -0.279. The zero-order valence-corrected chi connectivity index (χ0v) is 12.9. The predicted octanol–water partition coefficient (Wildman–Crippen LogP) is 4.87. The molecule has 0 amide bonds. The highest BCUT2D eigenvalue weighted by molar-refractivity contribution is 14.1. The Balaban J connectivity index is 3.13. The maximum absolute atomic E-state index is 12.3. The topological polar surface area (TPSA) is 17.1 Å². The van der Waals surface area contributed by atoms with Crippen LogP contribution in [0, 0.1) is 3.57 Å². The molecule has 0 N–H and O–H groups in total. The highest BCUT2D eigenvalue weighted by Gasteiger charge is 2.31. The summed E-state index contributed by atoms with van der Waals surface area (Å²) in [7, 11) is 0. The maximum atomic E-state index is 12.3. The summed E-state index contributed by atoms with van der Waals surface area (Å²) in [6, 6.07) is 4.46. The number of alkyl halides is 4. The lowest BCUT2D eigenvalue weighted by Gasteiger charge is -2.11. The molecule has 0 aliphatic heterocycles. The minimum atomic E-state index is -4.38. The molecule has 1 nitrogen and oxygen atoms in total. The molecule has 17 heavy (non-hydrogen) atoms. The van der Waals surface area contributed by atoms with E-state index in [0.717, 1.165) is 0 Å². The third-order valence-corrected chi connectivity index (χ3v) is 3.89. The summed E-state index contributed by atoms with van der Waals surface area (Å²) in [6.07, 6.45) is 0.186. The van der Waals surface area contributed by atoms with E-state index in [1.54, 1.807) is 6.07 Å². The average Bonchev–Trinajstić information content (AvgIpc) is 2.15. The first-order valence-electron chi connectivity index (χ1n) is 4.48. The first-order chi connectivity index (χ1) is 7.85. The second kappa shape index (κ2) is 6.42. The number of ketones is 1. The van der Waals surface area contributed by atoms with Gasteiger partial charge in [-0.3, -0.25) is 4.79 Å². The van der Waals surface area contributed by atoms with Gasteiger partial charge in [-0.1, -0.05) is 22.0 Å². The lowest BCUT2D eigenvalue weighted by Crippen LogP contribution is -2.07. The summed E-state index contributed by atoms with van der Waals surface area (Å²) >= 11 is 4.74. The van der Waals surface area contributed by atoms with Crippen LogP contribution in [0.3, 0.4) is 0 Å². The van der Waals surface area contributed by atoms with E-state index in [9.17, 15) is 18.0 Å². The van der Waals surface area contributed by atoms with Gasteiger partial charge in [-0.25, -0.2) is 0 Å². The molecular weight excluding hydrogens is 432 g/mol. The smallest absolute Gasteiger partial charge is 0.294 e. The fourth-order valence-electron chi connectivity index (χ4n) is 1.20. The summed E-state index contributed by atoms with van der Waals surface area (Å²) in [4.78, 5) is 11.7. The number of hydrogen-bond donors (Lipinski definition) is 0. The molecule has 0 saturated carbocycles. The molecule has 0 aromatic heterocycles. The number of halogens is 5. The minimum Gasteiger partial charge on any atom is -0.294 e. The van der Waals surface area contributed by atoms with Crippen molar-refractivity contribution in [2.45, 2.75) is 16.8 Å². The minimum absolute atomic E-state index is 0.0321. The highest BCUT2D eigenvalue weighted by Crippen LogP contribution is 2.39. The zero-order valence-electron chi connectivity index (χ0n) is 8.35. The van der Waals surface area contributed by atoms with Crippen molar-refractivity contribution >= 4 is 56.1 Å². The standard InChI is InChI=1S/C10H7BrF3IOS/c11-5-4-7(16)9-6(15)2-1-3-8(9)17-10(12,13)14/h1-3H,4-5H2. The Hall–Kier alpha value is 0.240. The number of Topliss-reactive ketones (excluding diaryl/α,β-unsaturated/α-hetero) is 1. The van der Waals surface area contributed by atoms with Crippen molar-refractivity contribution < 1.29 is 18.0 Å². The van der Waals surface area contributed by atoms with Crippen molar-refractivity contribution in [3.8, 4) is 0 Å². The van der Waals surface area contributed by atoms with E-state index in [0.29, 0.717) is 8.90 Å². The van der Waals surface area contributed by atoms with Gasteiger partial charge in [0, 0.05) is 25.8 Å². The van der Waals surface area contributed by atoms with Gasteiger partial charge < -0.3 is 0 Å². The molecule has 1 rings (SSSR count). The van der Waals surface area contributed by atoms with Crippen LogP contribution in [0.25, 0.3) is 0 Å². The van der Waals surface area contributed by atoms with Crippen molar-refractivity contribution in [2.75, 3.05) is 5.33 Å². The van der Waals surface area contributed by atoms with E-state index in [1.807, 2.05) is 22.6 Å². The van der Waals surface area contributed by atoms with Crippen LogP contribution in [-0.2, 0) is 0 Å². The van der Waals surface area contributed by atoms with Crippen molar-refractivity contribution in [2.24, 2.45) is 0 Å². The molecule has 0 aliphatic carbocycles. The van der Waals surface area contributed by atoms with E-state index < -0.39 is 5.51 Å². The number of benzene rings is 1. The number of thioether (sulfide) groups is 1. The SMILES string of the molecule is O=C(CCBr)c1c(I)cccc1SC(F)(F)F. The fourth-order valence-corrected chi connectivity index (χ4v) is 3.26. The number of carbonyl (C=O) groups excluding carboxylic acids is 1. The molecule has 0 aliphatic rings. The van der Waals surface area contributed by atoms with Crippen LogP contribution >= 0.6 is 50.3 Å². The van der Waals surface area contributed by atoms with Gasteiger partial charge in [0.2, 0.25) is 0 Å². The van der Waals surface area contributed by atoms with Crippen LogP contribution in [0.5, 0.6) is 0 Å². The Kier molecular flexibility index (Phi) is 5.78. The molecule has 0 unspecified atom stereocenters. The van der Waals surface area contributed by atoms with Gasteiger partial charge in [-0.2, -0.15) is 13.2 Å². The monoisotopic (exact) mass is 438 g/mol. The fraction of sp³-hybridized carbons (Fsp3) is 0.300. The van der Waals surface area contributed by atoms with Crippen molar-refractivity contribution in [3.05, 3.63) is 27.3 Å². The second-order valence-corrected chi connectivity index (χ2v) is 6.08. The van der Waals surface area contributed by atoms with E-state index in [2.05, 4.69) is 15.9 Å². The summed E-state index contributed by atoms with van der Waals surface area (Å²) in [5, 5.41) is 0.437. The van der Waals surface area contributed by atoms with Crippen LogP contribution in [0.2, 0.25) is 0 Å². The predicted molar refractivity (Wildman–Crippen MR) is 73.8 cm³/mol. The van der Waals surface area contributed by atoms with Crippen molar-refractivity contribution in [3.63, 3.8) is 0 Å². The molecular formula is C10H7BrF3IOS. The third-order valence-electron chi connectivity index (χ3n) is 1.80. The molecule has 94 valence electrons. The van der Waals surface area contributed by atoms with Gasteiger partial charge in [-0.05, 0) is 46.5 Å². The highest BCUT2D eigenvalue weighted by atomic mass is 127. The van der Waals surface area contributed by atoms with Gasteiger partial charge >= 0.3 is 5.51 Å². The van der Waals surface area contributed by atoms with Gasteiger partial charge in [0.15, 0.2) is 5.78 Å². The third kappa shape index (κ3) is 4.78. The Morgan fingerprint density at radius 3 is 2.59 bits per heavy atom. The molecule has 0 heterocycles. The van der Waals surface area contributed by atoms with Gasteiger partial charge in [0.25, 0.3) is 0 Å². The normalized spacial score (nSPS) is 11.6. The number of rotatable bonds is 4. The Morgan fingerprint density at radius 2 is 2.06 bits per heavy atom. The van der Waals surface area contributed by atoms with Crippen LogP contribution in [-0.4, -0.2) is 16.6 Å². The lowest BCUT2D eigenvalue weighted by atomic mass is 10.1. The molecule has 0 radical (unpaired) electrons. The first-order valence-corrected chi connectivity index (χ1v) is 7.50. The van der Waals surface area contributed by atoms with Crippen LogP contribution < -0.4 is 0 Å². The number of hydrogen-bond acceptors (Lipinski definition) is 2. The van der Waals surface area contributed by atoms with Crippen LogP contribution in [0.4, 0.5) is 13.2 Å². The van der Waals surface area contributed by atoms with Gasteiger partial charge in [0.05, 0.1) is 0 Å². The van der Waals surface area contributed by atoms with Gasteiger partial charge in [0.1, 0.15) is 0 Å². The largest absolute Gasteiger partial charge is 0.446 e. The van der Waals surface area contributed by atoms with Gasteiger partial charge in [-0.15, -0.1) is 0 Å².